The summed E-state index contributed by atoms with van der Waals surface area (Å²) in [6, 6.07) is 22.3. The average molecular weight is 461 g/mol. The van der Waals surface area contributed by atoms with E-state index in [-0.39, 0.29) is 11.5 Å². The van der Waals surface area contributed by atoms with Gasteiger partial charge < -0.3 is 10.5 Å². The van der Waals surface area contributed by atoms with Gasteiger partial charge in [-0.15, -0.1) is 0 Å². The summed E-state index contributed by atoms with van der Waals surface area (Å²) in [6.45, 7) is 2.45. The first-order valence-corrected chi connectivity index (χ1v) is 11.1. The summed E-state index contributed by atoms with van der Waals surface area (Å²) in [4.78, 5) is 26.8. The van der Waals surface area contributed by atoms with E-state index in [4.69, 9.17) is 22.7 Å². The van der Waals surface area contributed by atoms with Crippen LogP contribution in [0.25, 0.3) is 6.08 Å². The van der Waals surface area contributed by atoms with E-state index in [0.717, 1.165) is 11.1 Å². The molecule has 0 bridgehead atoms. The highest BCUT2D eigenvalue weighted by atomic mass is 32.2. The minimum Gasteiger partial charge on any atom is -0.488 e. The number of nitrogens with zero attached hydrogens (tertiary/aromatic N) is 1. The molecule has 0 spiro atoms. The van der Waals surface area contributed by atoms with Crippen LogP contribution in [0, 0.1) is 6.92 Å². The number of thioether (sulfide) groups is 1. The molecule has 0 aliphatic carbocycles. The molecule has 0 saturated carbocycles. The number of aryl methyl sites for hydroxylation is 1. The number of hydrogen-bond donors (Lipinski definition) is 1. The van der Waals surface area contributed by atoms with Crippen LogP contribution in [0.1, 0.15) is 27.0 Å². The van der Waals surface area contributed by atoms with Crippen LogP contribution >= 0.6 is 24.0 Å². The standard InChI is InChI=1S/C25H20N2O3S2/c1-16-10-12-17(13-11-16)15-30-21-9-5-2-6-18(21)14-22-24(29)27(25(31)32-22)20-8-4-3-7-19(20)23(26)28/h2-14H,15H2,1H3,(H2,26,28)/b22-14-. The number of nitrogens with two attached hydrogens (primary N) is 1. The fourth-order valence-corrected chi connectivity index (χ4v) is 4.55. The Morgan fingerprint density at radius 1 is 1.06 bits per heavy atom. The van der Waals surface area contributed by atoms with Crippen LogP contribution in [-0.2, 0) is 11.4 Å². The fraction of sp³-hybridized carbons (Fsp3) is 0.0800. The Labute approximate surface area is 195 Å². The highest BCUT2D eigenvalue weighted by Gasteiger charge is 2.35. The second kappa shape index (κ2) is 9.38. The number of benzene rings is 3. The summed E-state index contributed by atoms with van der Waals surface area (Å²) < 4.78 is 6.37. The van der Waals surface area contributed by atoms with E-state index in [0.29, 0.717) is 27.3 Å². The molecule has 1 aliphatic heterocycles. The third kappa shape index (κ3) is 4.59. The number of amides is 2. The van der Waals surface area contributed by atoms with Crippen molar-refractivity contribution in [2.24, 2.45) is 5.73 Å². The molecule has 5 nitrogen and oxygen atoms in total. The number of rotatable bonds is 6. The molecule has 0 unspecified atom stereocenters. The van der Waals surface area contributed by atoms with Crippen LogP contribution < -0.4 is 15.4 Å². The molecule has 1 aliphatic rings. The number of para-hydroxylation sites is 2. The minimum absolute atomic E-state index is 0.242. The van der Waals surface area contributed by atoms with Crippen molar-refractivity contribution in [2.45, 2.75) is 13.5 Å². The third-order valence-electron chi connectivity index (χ3n) is 4.92. The van der Waals surface area contributed by atoms with Crippen molar-refractivity contribution in [3.05, 3.63) is 100.0 Å². The molecule has 2 N–H and O–H groups in total. The molecule has 1 saturated heterocycles. The summed E-state index contributed by atoms with van der Waals surface area (Å²) in [7, 11) is 0. The van der Waals surface area contributed by atoms with Gasteiger partial charge in [-0.3, -0.25) is 14.5 Å². The van der Waals surface area contributed by atoms with E-state index in [1.807, 2.05) is 55.5 Å². The molecular weight excluding hydrogens is 440 g/mol. The van der Waals surface area contributed by atoms with Gasteiger partial charge in [0.25, 0.3) is 11.8 Å². The Hall–Kier alpha value is -3.42. The summed E-state index contributed by atoms with van der Waals surface area (Å²) in [5, 5.41) is 0. The summed E-state index contributed by atoms with van der Waals surface area (Å²) >= 11 is 6.62. The SMILES string of the molecule is Cc1ccc(COc2ccccc2/C=C2\SC(=S)N(c3ccccc3C(N)=O)C2=O)cc1. The summed E-state index contributed by atoms with van der Waals surface area (Å²) in [6.07, 6.45) is 1.76. The van der Waals surface area contributed by atoms with E-state index in [9.17, 15) is 9.59 Å². The second-order valence-corrected chi connectivity index (χ2v) is 8.89. The lowest BCUT2D eigenvalue weighted by Gasteiger charge is -2.17. The number of thiocarbonyl (C=S) groups is 1. The van der Waals surface area contributed by atoms with Gasteiger partial charge in [0.1, 0.15) is 12.4 Å². The van der Waals surface area contributed by atoms with E-state index < -0.39 is 5.91 Å². The molecule has 7 heteroatoms. The largest absolute Gasteiger partial charge is 0.488 e. The monoisotopic (exact) mass is 460 g/mol. The first-order chi connectivity index (χ1) is 15.4. The van der Waals surface area contributed by atoms with Gasteiger partial charge in [-0.1, -0.05) is 84.1 Å². The number of carbonyl (C=O) groups is 2. The lowest BCUT2D eigenvalue weighted by Crippen LogP contribution is -2.30. The Balaban J connectivity index is 1.60. The molecule has 3 aromatic carbocycles. The van der Waals surface area contributed by atoms with Crippen LogP contribution in [-0.4, -0.2) is 16.1 Å². The molecular formula is C25H20N2O3S2. The molecule has 0 radical (unpaired) electrons. The van der Waals surface area contributed by atoms with Gasteiger partial charge in [0.2, 0.25) is 0 Å². The van der Waals surface area contributed by atoms with Gasteiger partial charge in [-0.25, -0.2) is 0 Å². The van der Waals surface area contributed by atoms with E-state index in [2.05, 4.69) is 0 Å². The van der Waals surface area contributed by atoms with Crippen LogP contribution in [0.2, 0.25) is 0 Å². The maximum atomic E-state index is 13.2. The van der Waals surface area contributed by atoms with Gasteiger partial charge in [0.05, 0.1) is 16.2 Å². The zero-order valence-electron chi connectivity index (χ0n) is 17.3. The molecule has 32 heavy (non-hydrogen) atoms. The number of ether oxygens (including phenoxy) is 1. The van der Waals surface area contributed by atoms with E-state index >= 15 is 0 Å². The Morgan fingerprint density at radius 2 is 1.75 bits per heavy atom. The fourth-order valence-electron chi connectivity index (χ4n) is 3.27. The third-order valence-corrected chi connectivity index (χ3v) is 6.23. The quantitative estimate of drug-likeness (QED) is 0.410. The second-order valence-electron chi connectivity index (χ2n) is 7.21. The van der Waals surface area contributed by atoms with Gasteiger partial charge in [-0.2, -0.15) is 0 Å². The number of hydrogen-bond acceptors (Lipinski definition) is 5. The van der Waals surface area contributed by atoms with Crippen molar-refractivity contribution < 1.29 is 14.3 Å². The highest BCUT2D eigenvalue weighted by molar-refractivity contribution is 8.27. The topological polar surface area (TPSA) is 72.6 Å². The molecule has 0 atom stereocenters. The molecule has 0 aromatic heterocycles. The lowest BCUT2D eigenvalue weighted by atomic mass is 10.1. The van der Waals surface area contributed by atoms with E-state index in [1.165, 1.54) is 22.2 Å². The van der Waals surface area contributed by atoms with Gasteiger partial charge in [-0.05, 0) is 36.8 Å². The summed E-state index contributed by atoms with van der Waals surface area (Å²) in [5.41, 5.74) is 9.12. The Bertz CT molecular complexity index is 1240. The van der Waals surface area contributed by atoms with Crippen LogP contribution in [0.5, 0.6) is 5.75 Å². The number of primary amides is 1. The van der Waals surface area contributed by atoms with Crippen molar-refractivity contribution in [1.82, 2.24) is 0 Å². The van der Waals surface area contributed by atoms with Crippen LogP contribution in [0.4, 0.5) is 5.69 Å². The molecule has 1 heterocycles. The normalized spacial score (nSPS) is 14.8. The molecule has 2 amide bonds. The van der Waals surface area contributed by atoms with Crippen molar-refractivity contribution >= 4 is 51.9 Å². The molecule has 4 rings (SSSR count). The van der Waals surface area contributed by atoms with E-state index in [1.54, 1.807) is 30.3 Å². The minimum atomic E-state index is -0.617. The van der Waals surface area contributed by atoms with Crippen molar-refractivity contribution in [3.8, 4) is 5.75 Å². The zero-order valence-corrected chi connectivity index (χ0v) is 18.9. The number of carbonyl (C=O) groups excluding carboxylic acids is 2. The van der Waals surface area contributed by atoms with Gasteiger partial charge in [0, 0.05) is 5.56 Å². The predicted molar refractivity (Wildman–Crippen MR) is 133 cm³/mol. The van der Waals surface area contributed by atoms with Crippen molar-refractivity contribution in [3.63, 3.8) is 0 Å². The highest BCUT2D eigenvalue weighted by Crippen LogP contribution is 2.38. The first-order valence-electron chi connectivity index (χ1n) is 9.88. The summed E-state index contributed by atoms with van der Waals surface area (Å²) in [5.74, 6) is -0.258. The predicted octanol–water partition coefficient (Wildman–Crippen LogP) is 5.08. The van der Waals surface area contributed by atoms with Gasteiger partial charge in [0.15, 0.2) is 4.32 Å². The van der Waals surface area contributed by atoms with Crippen molar-refractivity contribution in [1.29, 1.82) is 0 Å². The Kier molecular flexibility index (Phi) is 6.39. The smallest absolute Gasteiger partial charge is 0.270 e. The maximum Gasteiger partial charge on any atom is 0.270 e. The number of anilines is 1. The lowest BCUT2D eigenvalue weighted by molar-refractivity contribution is -0.113. The first kappa shape index (κ1) is 21.8. The van der Waals surface area contributed by atoms with Gasteiger partial charge >= 0.3 is 0 Å². The zero-order chi connectivity index (χ0) is 22.7. The molecule has 3 aromatic rings. The van der Waals surface area contributed by atoms with Crippen LogP contribution in [0.15, 0.2) is 77.7 Å². The average Bonchev–Trinajstić information content (AvgIpc) is 3.06. The maximum absolute atomic E-state index is 13.2. The van der Waals surface area contributed by atoms with Crippen molar-refractivity contribution in [2.75, 3.05) is 4.90 Å². The molecule has 1 fully saturated rings. The molecule has 160 valence electrons. The Morgan fingerprint density at radius 3 is 2.50 bits per heavy atom. The van der Waals surface area contributed by atoms with Crippen LogP contribution in [0.3, 0.4) is 0 Å².